The molecule has 0 spiro atoms. The summed E-state index contributed by atoms with van der Waals surface area (Å²) in [5.74, 6) is 0.787. The number of Topliss-reactive ketones (excluding diaryl/α,β-unsaturated/α-hetero) is 1. The maximum Gasteiger partial charge on any atom is 0.196 e. The molecule has 28 heavy (non-hydrogen) atoms. The fraction of sp³-hybridized carbons (Fsp3) is 0.0526. The first-order valence-corrected chi connectivity index (χ1v) is 9.98. The maximum absolute atomic E-state index is 12.3. The van der Waals surface area contributed by atoms with Gasteiger partial charge in [0.05, 0.1) is 27.2 Å². The summed E-state index contributed by atoms with van der Waals surface area (Å²) in [5.41, 5.74) is 2.09. The Bertz CT molecular complexity index is 1110. The summed E-state index contributed by atoms with van der Waals surface area (Å²) in [7, 11) is 0. The minimum atomic E-state index is -0.0263. The minimum Gasteiger partial charge on any atom is -0.359 e. The lowest BCUT2D eigenvalue weighted by molar-refractivity contribution is 0.101. The van der Waals surface area contributed by atoms with Crippen molar-refractivity contribution in [2.45, 2.75) is 5.16 Å². The van der Waals surface area contributed by atoms with Crippen LogP contribution in [0.2, 0.25) is 10.0 Å². The van der Waals surface area contributed by atoms with E-state index >= 15 is 0 Å². The van der Waals surface area contributed by atoms with E-state index in [0.717, 1.165) is 11.3 Å². The monoisotopic (exact) mass is 429 g/mol. The molecule has 9 heteroatoms. The third-order valence-corrected chi connectivity index (χ3v) is 5.61. The Labute approximate surface area is 174 Å². The van der Waals surface area contributed by atoms with Gasteiger partial charge in [0.15, 0.2) is 16.8 Å². The zero-order chi connectivity index (χ0) is 19.5. The first-order valence-electron chi connectivity index (χ1n) is 8.24. The van der Waals surface area contributed by atoms with Crippen molar-refractivity contribution in [3.05, 3.63) is 76.8 Å². The van der Waals surface area contributed by atoms with Gasteiger partial charge in [0.25, 0.3) is 0 Å². The molecule has 0 radical (unpaired) electrons. The highest BCUT2D eigenvalue weighted by Gasteiger charge is 2.18. The molecule has 0 aliphatic heterocycles. The average molecular weight is 430 g/mol. The molecule has 140 valence electrons. The van der Waals surface area contributed by atoms with Crippen LogP contribution in [0.25, 0.3) is 17.1 Å². The average Bonchev–Trinajstić information content (AvgIpc) is 3.39. The Balaban J connectivity index is 1.73. The van der Waals surface area contributed by atoms with E-state index in [1.165, 1.54) is 11.8 Å². The molecule has 3 heterocycles. The lowest BCUT2D eigenvalue weighted by Crippen LogP contribution is -2.05. The Morgan fingerprint density at radius 3 is 2.71 bits per heavy atom. The zero-order valence-electron chi connectivity index (χ0n) is 14.3. The first kappa shape index (κ1) is 18.7. The van der Waals surface area contributed by atoms with Crippen LogP contribution in [0, 0.1) is 0 Å². The van der Waals surface area contributed by atoms with E-state index in [9.17, 15) is 4.79 Å². The Hall–Kier alpha value is -2.61. The maximum atomic E-state index is 12.3. The number of halogens is 2. The fourth-order valence-corrected chi connectivity index (χ4v) is 3.74. The van der Waals surface area contributed by atoms with Crippen LogP contribution in [0.1, 0.15) is 10.5 Å². The molecule has 1 aromatic carbocycles. The molecule has 0 fully saturated rings. The van der Waals surface area contributed by atoms with Gasteiger partial charge in [-0.25, -0.2) is 0 Å². The van der Waals surface area contributed by atoms with Crippen LogP contribution in [-0.2, 0) is 0 Å². The quantitative estimate of drug-likeness (QED) is 0.346. The molecule has 3 aromatic heterocycles. The van der Waals surface area contributed by atoms with Gasteiger partial charge in [0, 0.05) is 24.2 Å². The number of hydrogen-bond acceptors (Lipinski definition) is 5. The predicted molar refractivity (Wildman–Crippen MR) is 110 cm³/mol. The summed E-state index contributed by atoms with van der Waals surface area (Å²) in [6, 6.07) is 12.5. The number of rotatable bonds is 6. The molecule has 0 aliphatic carbocycles. The number of H-pyrrole nitrogens is 1. The number of aromatic amines is 1. The Morgan fingerprint density at radius 2 is 2.00 bits per heavy atom. The fourth-order valence-electron chi connectivity index (χ4n) is 2.61. The number of thioether (sulfide) groups is 1. The van der Waals surface area contributed by atoms with Crippen LogP contribution >= 0.6 is 35.0 Å². The number of carbonyl (C=O) groups is 1. The lowest BCUT2D eigenvalue weighted by Gasteiger charge is -2.11. The van der Waals surface area contributed by atoms with Gasteiger partial charge in [0.2, 0.25) is 0 Å². The normalized spacial score (nSPS) is 10.9. The van der Waals surface area contributed by atoms with Crippen molar-refractivity contribution in [2.24, 2.45) is 0 Å². The van der Waals surface area contributed by atoms with Crippen LogP contribution in [0.15, 0.2) is 66.2 Å². The van der Waals surface area contributed by atoms with Gasteiger partial charge in [0.1, 0.15) is 0 Å². The molecular weight excluding hydrogens is 417 g/mol. The van der Waals surface area contributed by atoms with E-state index < -0.39 is 0 Å². The molecule has 0 saturated carbocycles. The Kier molecular flexibility index (Phi) is 5.47. The molecule has 0 aliphatic rings. The van der Waals surface area contributed by atoms with Crippen molar-refractivity contribution in [3.63, 3.8) is 0 Å². The standard InChI is InChI=1S/C19H13Cl2N5OS/c20-14-6-5-13(9-15(14)21)26-18(12-3-1-7-22-10-12)24-25-19(26)28-11-17(27)16-4-2-8-23-16/h1-10,23H,11H2. The molecule has 4 rings (SSSR count). The summed E-state index contributed by atoms with van der Waals surface area (Å²) in [6.07, 6.45) is 5.11. The number of ketones is 1. The number of nitrogens with zero attached hydrogens (tertiary/aromatic N) is 4. The molecule has 0 unspecified atom stereocenters. The Morgan fingerprint density at radius 1 is 1.11 bits per heavy atom. The van der Waals surface area contributed by atoms with Gasteiger partial charge in [-0.15, -0.1) is 10.2 Å². The molecule has 6 nitrogen and oxygen atoms in total. The highest BCUT2D eigenvalue weighted by atomic mass is 35.5. The molecular formula is C19H13Cl2N5OS. The SMILES string of the molecule is O=C(CSc1nnc(-c2cccnc2)n1-c1ccc(Cl)c(Cl)c1)c1ccc[nH]1. The predicted octanol–water partition coefficient (Wildman–Crippen LogP) is 4.94. The van der Waals surface area contributed by atoms with Crippen molar-refractivity contribution in [1.82, 2.24) is 24.7 Å². The minimum absolute atomic E-state index is 0.0263. The third-order valence-electron chi connectivity index (χ3n) is 3.95. The van der Waals surface area contributed by atoms with Crippen LogP contribution < -0.4 is 0 Å². The second-order valence-electron chi connectivity index (χ2n) is 5.78. The van der Waals surface area contributed by atoms with Crippen molar-refractivity contribution in [1.29, 1.82) is 0 Å². The number of carbonyl (C=O) groups excluding carboxylic acids is 1. The molecule has 1 N–H and O–H groups in total. The van der Waals surface area contributed by atoms with Gasteiger partial charge >= 0.3 is 0 Å². The van der Waals surface area contributed by atoms with Crippen molar-refractivity contribution >= 4 is 40.7 Å². The number of hydrogen-bond donors (Lipinski definition) is 1. The molecule has 0 saturated heterocycles. The molecule has 0 amide bonds. The largest absolute Gasteiger partial charge is 0.359 e. The van der Waals surface area contributed by atoms with Gasteiger partial charge in [-0.1, -0.05) is 35.0 Å². The van der Waals surface area contributed by atoms with E-state index in [1.54, 1.807) is 42.9 Å². The molecule has 4 aromatic rings. The van der Waals surface area contributed by atoms with Crippen molar-refractivity contribution in [2.75, 3.05) is 5.75 Å². The number of pyridine rings is 1. The van der Waals surface area contributed by atoms with E-state index in [4.69, 9.17) is 23.2 Å². The van der Waals surface area contributed by atoms with Crippen LogP contribution in [0.4, 0.5) is 0 Å². The van der Waals surface area contributed by atoms with Crippen LogP contribution in [-0.4, -0.2) is 36.3 Å². The number of nitrogens with one attached hydrogen (secondary N) is 1. The highest BCUT2D eigenvalue weighted by Crippen LogP contribution is 2.31. The van der Waals surface area contributed by atoms with Crippen molar-refractivity contribution in [3.8, 4) is 17.1 Å². The molecule has 0 atom stereocenters. The van der Waals surface area contributed by atoms with E-state index in [0.29, 0.717) is 26.7 Å². The van der Waals surface area contributed by atoms with E-state index in [1.807, 2.05) is 22.8 Å². The summed E-state index contributed by atoms with van der Waals surface area (Å²) in [6.45, 7) is 0. The molecule has 0 bridgehead atoms. The summed E-state index contributed by atoms with van der Waals surface area (Å²) >= 11 is 13.6. The van der Waals surface area contributed by atoms with Crippen LogP contribution in [0.3, 0.4) is 0 Å². The zero-order valence-corrected chi connectivity index (χ0v) is 16.7. The number of aromatic nitrogens is 5. The summed E-state index contributed by atoms with van der Waals surface area (Å²) < 4.78 is 1.84. The van der Waals surface area contributed by atoms with E-state index in [-0.39, 0.29) is 11.5 Å². The first-order chi connectivity index (χ1) is 13.6. The summed E-state index contributed by atoms with van der Waals surface area (Å²) in [5, 5.41) is 10.0. The second-order valence-corrected chi connectivity index (χ2v) is 7.53. The van der Waals surface area contributed by atoms with E-state index in [2.05, 4.69) is 20.2 Å². The van der Waals surface area contributed by atoms with Crippen molar-refractivity contribution < 1.29 is 4.79 Å². The third kappa shape index (κ3) is 3.82. The second kappa shape index (κ2) is 8.18. The van der Waals surface area contributed by atoms with Crippen LogP contribution in [0.5, 0.6) is 0 Å². The van der Waals surface area contributed by atoms with Gasteiger partial charge in [-0.3, -0.25) is 14.3 Å². The van der Waals surface area contributed by atoms with Gasteiger partial charge < -0.3 is 4.98 Å². The number of benzene rings is 1. The highest BCUT2D eigenvalue weighted by molar-refractivity contribution is 7.99. The van der Waals surface area contributed by atoms with Gasteiger partial charge in [-0.05, 0) is 42.5 Å². The smallest absolute Gasteiger partial charge is 0.196 e. The van der Waals surface area contributed by atoms with Gasteiger partial charge in [-0.2, -0.15) is 0 Å². The topological polar surface area (TPSA) is 76.5 Å². The lowest BCUT2D eigenvalue weighted by atomic mass is 10.2. The summed E-state index contributed by atoms with van der Waals surface area (Å²) in [4.78, 5) is 19.4.